The summed E-state index contributed by atoms with van der Waals surface area (Å²) in [5.74, 6) is 2.04. The largest absolute Gasteiger partial charge is 0.493 e. The predicted octanol–water partition coefficient (Wildman–Crippen LogP) is 4.51. The minimum absolute atomic E-state index is 0.157. The van der Waals surface area contributed by atoms with Crippen LogP contribution in [-0.2, 0) is 6.42 Å². The first kappa shape index (κ1) is 22.5. The van der Waals surface area contributed by atoms with Gasteiger partial charge in [0.25, 0.3) is 5.91 Å². The number of carbonyl (C=O) groups excluding carboxylic acids is 1. The van der Waals surface area contributed by atoms with Crippen molar-refractivity contribution < 1.29 is 24.2 Å². The van der Waals surface area contributed by atoms with E-state index in [-0.39, 0.29) is 11.8 Å². The van der Waals surface area contributed by atoms with Gasteiger partial charge in [-0.25, -0.2) is 4.79 Å². The Bertz CT molecular complexity index is 957. The zero-order valence-corrected chi connectivity index (χ0v) is 18.5. The number of amides is 2. The summed E-state index contributed by atoms with van der Waals surface area (Å²) >= 11 is 0. The van der Waals surface area contributed by atoms with Gasteiger partial charge in [-0.05, 0) is 60.2 Å². The lowest BCUT2D eigenvalue weighted by Crippen LogP contribution is -2.33. The molecular formula is C24H30N2O5. The van der Waals surface area contributed by atoms with Crippen LogP contribution in [0.2, 0.25) is 0 Å². The van der Waals surface area contributed by atoms with Crippen molar-refractivity contribution in [2.45, 2.75) is 32.6 Å². The first-order valence-electron chi connectivity index (χ1n) is 10.5. The molecular weight excluding hydrogens is 396 g/mol. The Labute approximate surface area is 183 Å². The van der Waals surface area contributed by atoms with Crippen LogP contribution in [0.4, 0.5) is 4.79 Å². The molecule has 7 nitrogen and oxygen atoms in total. The molecule has 1 atom stereocenters. The van der Waals surface area contributed by atoms with Gasteiger partial charge in [-0.3, -0.25) is 4.79 Å². The molecule has 1 aliphatic rings. The molecule has 0 saturated carbocycles. The molecule has 0 saturated heterocycles. The van der Waals surface area contributed by atoms with Gasteiger partial charge in [0.15, 0.2) is 11.5 Å². The van der Waals surface area contributed by atoms with Crippen LogP contribution in [0, 0.1) is 5.92 Å². The van der Waals surface area contributed by atoms with Crippen molar-refractivity contribution in [2.75, 3.05) is 27.2 Å². The smallest absolute Gasteiger partial charge is 0.407 e. The van der Waals surface area contributed by atoms with Crippen molar-refractivity contribution in [2.24, 2.45) is 5.92 Å². The molecule has 7 heteroatoms. The molecule has 2 aromatic carbocycles. The van der Waals surface area contributed by atoms with Gasteiger partial charge < -0.3 is 24.8 Å². The van der Waals surface area contributed by atoms with E-state index in [9.17, 15) is 14.7 Å². The predicted molar refractivity (Wildman–Crippen MR) is 118 cm³/mol. The molecule has 0 spiro atoms. The normalized spacial score (nSPS) is 15.8. The molecule has 0 aromatic heterocycles. The average Bonchev–Trinajstić information content (AvgIpc) is 2.92. The van der Waals surface area contributed by atoms with Crippen LogP contribution >= 0.6 is 0 Å². The molecule has 1 aliphatic heterocycles. The minimum atomic E-state index is -0.876. The average molecular weight is 427 g/mol. The van der Waals surface area contributed by atoms with Crippen LogP contribution < -0.4 is 14.8 Å². The number of nitrogens with zero attached hydrogens (tertiary/aromatic N) is 1. The van der Waals surface area contributed by atoms with Crippen LogP contribution in [0.5, 0.6) is 17.2 Å². The van der Waals surface area contributed by atoms with E-state index in [2.05, 4.69) is 25.2 Å². The number of carboxylic acid groups (broad SMARTS) is 1. The topological polar surface area (TPSA) is 88.1 Å². The molecule has 2 aromatic rings. The number of benzene rings is 2. The molecule has 2 N–H and O–H groups in total. The van der Waals surface area contributed by atoms with Crippen molar-refractivity contribution >= 4 is 12.0 Å². The number of fused-ring (bicyclic) bond motifs is 1. The van der Waals surface area contributed by atoms with E-state index >= 15 is 0 Å². The van der Waals surface area contributed by atoms with Crippen molar-refractivity contribution in [3.05, 3.63) is 53.1 Å². The van der Waals surface area contributed by atoms with E-state index in [1.807, 2.05) is 12.1 Å². The van der Waals surface area contributed by atoms with Crippen LogP contribution in [0.1, 0.15) is 47.7 Å². The molecule has 1 unspecified atom stereocenters. The van der Waals surface area contributed by atoms with Gasteiger partial charge in [-0.1, -0.05) is 19.9 Å². The van der Waals surface area contributed by atoms with Gasteiger partial charge in [0, 0.05) is 31.6 Å². The second-order valence-electron chi connectivity index (χ2n) is 8.21. The Morgan fingerprint density at radius 2 is 1.97 bits per heavy atom. The lowest BCUT2D eigenvalue weighted by Gasteiger charge is -2.24. The maximum absolute atomic E-state index is 11.9. The number of nitrogens with one attached hydrogen (secondary N) is 1. The molecule has 0 fully saturated rings. The van der Waals surface area contributed by atoms with Crippen LogP contribution in [-0.4, -0.2) is 49.3 Å². The standard InChI is InChI=1S/C24H30N2O5/c1-15(2)11-18-14-26(24(28)29)10-9-16-12-19(6-7-20(16)18)31-21-8-5-17(23(27)25-3)13-22(21)30-4/h5-8,12-13,15,18H,9-11,14H2,1-4H3,(H,25,27)(H,28,29). The number of hydrogen-bond acceptors (Lipinski definition) is 4. The van der Waals surface area contributed by atoms with Crippen LogP contribution in [0.15, 0.2) is 36.4 Å². The highest BCUT2D eigenvalue weighted by molar-refractivity contribution is 5.94. The van der Waals surface area contributed by atoms with Crippen molar-refractivity contribution in [1.82, 2.24) is 10.2 Å². The lowest BCUT2D eigenvalue weighted by molar-refractivity contribution is 0.0962. The van der Waals surface area contributed by atoms with Crippen molar-refractivity contribution in [3.63, 3.8) is 0 Å². The summed E-state index contributed by atoms with van der Waals surface area (Å²) in [6.07, 6.45) is 0.685. The Morgan fingerprint density at radius 3 is 2.61 bits per heavy atom. The molecule has 3 rings (SSSR count). The number of hydrogen-bond donors (Lipinski definition) is 2. The van der Waals surface area contributed by atoms with E-state index in [1.54, 1.807) is 25.2 Å². The Morgan fingerprint density at radius 1 is 1.19 bits per heavy atom. The molecule has 0 bridgehead atoms. The maximum Gasteiger partial charge on any atom is 0.407 e. The highest BCUT2D eigenvalue weighted by Gasteiger charge is 2.26. The van der Waals surface area contributed by atoms with E-state index < -0.39 is 6.09 Å². The number of ether oxygens (including phenoxy) is 2. The fourth-order valence-electron chi connectivity index (χ4n) is 4.08. The number of methoxy groups -OCH3 is 1. The first-order chi connectivity index (χ1) is 14.8. The Balaban J connectivity index is 1.89. The zero-order chi connectivity index (χ0) is 22.5. The third-order valence-corrected chi connectivity index (χ3v) is 5.55. The fourth-order valence-corrected chi connectivity index (χ4v) is 4.08. The van der Waals surface area contributed by atoms with Gasteiger partial charge in [0.05, 0.1) is 7.11 Å². The Kier molecular flexibility index (Phi) is 7.05. The first-order valence-corrected chi connectivity index (χ1v) is 10.5. The summed E-state index contributed by atoms with van der Waals surface area (Å²) in [7, 11) is 3.11. The summed E-state index contributed by atoms with van der Waals surface area (Å²) in [5, 5.41) is 12.1. The summed E-state index contributed by atoms with van der Waals surface area (Å²) in [5.41, 5.74) is 2.78. The zero-order valence-electron chi connectivity index (χ0n) is 18.5. The maximum atomic E-state index is 11.9. The molecule has 0 radical (unpaired) electrons. The number of rotatable bonds is 6. The SMILES string of the molecule is CNC(=O)c1ccc(Oc2ccc3c(c2)CCN(C(=O)O)CC3CC(C)C)c(OC)c1. The summed E-state index contributed by atoms with van der Waals surface area (Å²) < 4.78 is 11.5. The monoisotopic (exact) mass is 426 g/mol. The molecule has 0 aliphatic carbocycles. The van der Waals surface area contributed by atoms with Gasteiger partial charge in [0.1, 0.15) is 5.75 Å². The van der Waals surface area contributed by atoms with E-state index in [4.69, 9.17) is 9.47 Å². The highest BCUT2D eigenvalue weighted by atomic mass is 16.5. The minimum Gasteiger partial charge on any atom is -0.493 e. The quantitative estimate of drug-likeness (QED) is 0.709. The molecule has 31 heavy (non-hydrogen) atoms. The van der Waals surface area contributed by atoms with Crippen molar-refractivity contribution in [1.29, 1.82) is 0 Å². The fraction of sp³-hybridized carbons (Fsp3) is 0.417. The van der Waals surface area contributed by atoms with Gasteiger partial charge in [-0.15, -0.1) is 0 Å². The van der Waals surface area contributed by atoms with Gasteiger partial charge in [-0.2, -0.15) is 0 Å². The summed E-state index contributed by atoms with van der Waals surface area (Å²) in [6, 6.07) is 11.0. The van der Waals surface area contributed by atoms with Crippen LogP contribution in [0.25, 0.3) is 0 Å². The second-order valence-corrected chi connectivity index (χ2v) is 8.21. The van der Waals surface area contributed by atoms with Crippen LogP contribution in [0.3, 0.4) is 0 Å². The molecule has 2 amide bonds. The van der Waals surface area contributed by atoms with Crippen molar-refractivity contribution in [3.8, 4) is 17.2 Å². The molecule has 166 valence electrons. The Hall–Kier alpha value is -3.22. The summed E-state index contributed by atoms with van der Waals surface area (Å²) in [6.45, 7) is 5.28. The van der Waals surface area contributed by atoms with Gasteiger partial charge in [0.2, 0.25) is 0 Å². The van der Waals surface area contributed by atoms with E-state index in [0.29, 0.717) is 48.2 Å². The van der Waals surface area contributed by atoms with E-state index in [0.717, 1.165) is 12.0 Å². The highest BCUT2D eigenvalue weighted by Crippen LogP contribution is 2.36. The third-order valence-electron chi connectivity index (χ3n) is 5.55. The second kappa shape index (κ2) is 9.73. The van der Waals surface area contributed by atoms with Gasteiger partial charge >= 0.3 is 6.09 Å². The lowest BCUT2D eigenvalue weighted by atomic mass is 9.87. The summed E-state index contributed by atoms with van der Waals surface area (Å²) in [4.78, 5) is 25.0. The third kappa shape index (κ3) is 5.29. The van der Waals surface area contributed by atoms with E-state index in [1.165, 1.54) is 17.6 Å². The molecule has 1 heterocycles. The number of carbonyl (C=O) groups is 2.